The van der Waals surface area contributed by atoms with Crippen LogP contribution in [0.5, 0.6) is 5.75 Å². The molecule has 1 fully saturated rings. The van der Waals surface area contributed by atoms with Crippen molar-refractivity contribution in [2.45, 2.75) is 51.9 Å². The minimum atomic E-state index is 0.0560. The minimum Gasteiger partial charge on any atom is -0.506 e. The number of phenolic OH excluding ortho intramolecular Hbond substituents is 1. The van der Waals surface area contributed by atoms with E-state index in [0.29, 0.717) is 5.69 Å². The lowest BCUT2D eigenvalue weighted by atomic mass is 9.79. The number of para-hydroxylation sites is 2. The van der Waals surface area contributed by atoms with Gasteiger partial charge in [0.15, 0.2) is 0 Å². The van der Waals surface area contributed by atoms with Crippen LogP contribution in [0.25, 0.3) is 0 Å². The first-order valence-electron chi connectivity index (χ1n) is 7.79. The Morgan fingerprint density at radius 1 is 1.25 bits per heavy atom. The van der Waals surface area contributed by atoms with Gasteiger partial charge in [-0.05, 0) is 43.7 Å². The Morgan fingerprint density at radius 2 is 1.95 bits per heavy atom. The van der Waals surface area contributed by atoms with E-state index in [4.69, 9.17) is 0 Å². The van der Waals surface area contributed by atoms with Crippen LogP contribution in [0.4, 0.5) is 5.69 Å². The van der Waals surface area contributed by atoms with E-state index in [1.165, 1.54) is 32.1 Å². The molecule has 1 aliphatic carbocycles. The molecule has 1 saturated carbocycles. The Hall–Kier alpha value is -1.51. The van der Waals surface area contributed by atoms with Gasteiger partial charge in [0.2, 0.25) is 5.91 Å². The fourth-order valence-electron chi connectivity index (χ4n) is 3.02. The summed E-state index contributed by atoms with van der Waals surface area (Å²) < 4.78 is 0. The molecule has 1 aromatic carbocycles. The van der Waals surface area contributed by atoms with Crippen LogP contribution in [0, 0.1) is 11.8 Å². The molecule has 0 atom stereocenters. The lowest BCUT2D eigenvalue weighted by Crippen LogP contribution is -2.27. The summed E-state index contributed by atoms with van der Waals surface area (Å²) in [6.07, 6.45) is 8.16. The number of benzene rings is 1. The zero-order valence-corrected chi connectivity index (χ0v) is 12.3. The molecule has 0 unspecified atom stereocenters. The molecule has 3 nitrogen and oxygen atoms in total. The van der Waals surface area contributed by atoms with Crippen LogP contribution < -0.4 is 5.32 Å². The van der Waals surface area contributed by atoms with Crippen molar-refractivity contribution in [2.24, 2.45) is 11.8 Å². The molecule has 3 heteroatoms. The van der Waals surface area contributed by atoms with Crippen molar-refractivity contribution in [3.63, 3.8) is 0 Å². The molecule has 0 heterocycles. The topological polar surface area (TPSA) is 49.3 Å². The smallest absolute Gasteiger partial charge is 0.227 e. The Bertz CT molecular complexity index is 436. The van der Waals surface area contributed by atoms with E-state index in [0.717, 1.165) is 18.8 Å². The molecule has 0 aromatic heterocycles. The number of carbonyl (C=O) groups excluding carboxylic acids is 1. The number of unbranched alkanes of at least 4 members (excludes halogenated alkanes) is 1. The molecule has 0 saturated heterocycles. The van der Waals surface area contributed by atoms with E-state index >= 15 is 0 Å². The molecule has 1 amide bonds. The van der Waals surface area contributed by atoms with Crippen molar-refractivity contribution < 1.29 is 9.90 Å². The molecular formula is C17H25NO2. The van der Waals surface area contributed by atoms with Crippen molar-refractivity contribution in [1.82, 2.24) is 0 Å². The summed E-state index contributed by atoms with van der Waals surface area (Å²) in [5.74, 6) is 1.11. The Kier molecular flexibility index (Phi) is 5.45. The molecule has 2 rings (SSSR count). The van der Waals surface area contributed by atoms with Crippen LogP contribution in [-0.4, -0.2) is 11.0 Å². The number of phenols is 1. The van der Waals surface area contributed by atoms with Gasteiger partial charge in [0.05, 0.1) is 5.69 Å². The number of amides is 1. The van der Waals surface area contributed by atoms with Gasteiger partial charge in [-0.15, -0.1) is 0 Å². The number of nitrogens with one attached hydrogen (secondary N) is 1. The molecule has 1 aliphatic rings. The standard InChI is InChI=1S/C17H25NO2/c1-2-3-6-13-9-11-14(12-10-13)17(20)18-15-7-4-5-8-16(15)19/h4-5,7-8,13-14,19H,2-3,6,9-12H2,1H3,(H,18,20). The number of anilines is 1. The summed E-state index contributed by atoms with van der Waals surface area (Å²) in [7, 11) is 0. The first kappa shape index (κ1) is 14.9. The zero-order chi connectivity index (χ0) is 14.4. The molecule has 2 N–H and O–H groups in total. The second-order valence-electron chi connectivity index (χ2n) is 5.87. The number of carbonyl (C=O) groups is 1. The van der Waals surface area contributed by atoms with Crippen molar-refractivity contribution in [2.75, 3.05) is 5.32 Å². The third kappa shape index (κ3) is 3.99. The Balaban J connectivity index is 1.82. The molecule has 0 spiro atoms. The lowest BCUT2D eigenvalue weighted by molar-refractivity contribution is -0.121. The molecule has 0 radical (unpaired) electrons. The number of hydrogen-bond donors (Lipinski definition) is 2. The summed E-state index contributed by atoms with van der Waals surface area (Å²) >= 11 is 0. The fraction of sp³-hybridized carbons (Fsp3) is 0.588. The van der Waals surface area contributed by atoms with E-state index in [-0.39, 0.29) is 17.6 Å². The van der Waals surface area contributed by atoms with Crippen molar-refractivity contribution in [3.05, 3.63) is 24.3 Å². The molecular weight excluding hydrogens is 250 g/mol. The largest absolute Gasteiger partial charge is 0.506 e. The predicted octanol–water partition coefficient (Wildman–Crippen LogP) is 4.33. The van der Waals surface area contributed by atoms with E-state index in [1.807, 2.05) is 6.07 Å². The molecule has 20 heavy (non-hydrogen) atoms. The average Bonchev–Trinajstić information content (AvgIpc) is 2.48. The highest BCUT2D eigenvalue weighted by Crippen LogP contribution is 2.33. The van der Waals surface area contributed by atoms with Gasteiger partial charge >= 0.3 is 0 Å². The van der Waals surface area contributed by atoms with Crippen molar-refractivity contribution >= 4 is 11.6 Å². The van der Waals surface area contributed by atoms with Gasteiger partial charge in [0.1, 0.15) is 5.75 Å². The van der Waals surface area contributed by atoms with E-state index in [1.54, 1.807) is 18.2 Å². The summed E-state index contributed by atoms with van der Waals surface area (Å²) in [5, 5.41) is 12.5. The van der Waals surface area contributed by atoms with Crippen molar-refractivity contribution in [1.29, 1.82) is 0 Å². The number of aromatic hydroxyl groups is 1. The van der Waals surface area contributed by atoms with Crippen LogP contribution in [0.1, 0.15) is 51.9 Å². The van der Waals surface area contributed by atoms with Gasteiger partial charge in [-0.1, -0.05) is 38.3 Å². The Labute approximate surface area is 121 Å². The quantitative estimate of drug-likeness (QED) is 0.786. The maximum Gasteiger partial charge on any atom is 0.227 e. The van der Waals surface area contributed by atoms with Crippen LogP contribution in [-0.2, 0) is 4.79 Å². The fourth-order valence-corrected chi connectivity index (χ4v) is 3.02. The zero-order valence-electron chi connectivity index (χ0n) is 12.3. The first-order chi connectivity index (χ1) is 9.70. The third-order valence-electron chi connectivity index (χ3n) is 4.35. The molecule has 110 valence electrons. The molecule has 1 aromatic rings. The number of hydrogen-bond acceptors (Lipinski definition) is 2. The summed E-state index contributed by atoms with van der Waals surface area (Å²) in [6.45, 7) is 2.23. The monoisotopic (exact) mass is 275 g/mol. The maximum absolute atomic E-state index is 12.2. The predicted molar refractivity (Wildman–Crippen MR) is 81.7 cm³/mol. The highest BCUT2D eigenvalue weighted by molar-refractivity contribution is 5.93. The van der Waals surface area contributed by atoms with Crippen LogP contribution in [0.15, 0.2) is 24.3 Å². The van der Waals surface area contributed by atoms with Gasteiger partial charge in [0.25, 0.3) is 0 Å². The van der Waals surface area contributed by atoms with E-state index in [2.05, 4.69) is 12.2 Å². The molecule has 0 aliphatic heterocycles. The summed E-state index contributed by atoms with van der Waals surface area (Å²) in [4.78, 5) is 12.2. The lowest BCUT2D eigenvalue weighted by Gasteiger charge is -2.27. The van der Waals surface area contributed by atoms with Gasteiger partial charge in [0, 0.05) is 5.92 Å². The normalized spacial score (nSPS) is 22.4. The third-order valence-corrected chi connectivity index (χ3v) is 4.35. The SMILES string of the molecule is CCCCC1CCC(C(=O)Nc2ccccc2O)CC1. The van der Waals surface area contributed by atoms with Gasteiger partial charge < -0.3 is 10.4 Å². The maximum atomic E-state index is 12.2. The van der Waals surface area contributed by atoms with Crippen LogP contribution in [0.2, 0.25) is 0 Å². The Morgan fingerprint density at radius 3 is 2.60 bits per heavy atom. The minimum absolute atomic E-state index is 0.0560. The first-order valence-corrected chi connectivity index (χ1v) is 7.79. The second kappa shape index (κ2) is 7.32. The highest BCUT2D eigenvalue weighted by atomic mass is 16.3. The molecule has 0 bridgehead atoms. The van der Waals surface area contributed by atoms with Gasteiger partial charge in [-0.3, -0.25) is 4.79 Å². The average molecular weight is 275 g/mol. The van der Waals surface area contributed by atoms with Crippen LogP contribution >= 0.6 is 0 Å². The second-order valence-corrected chi connectivity index (χ2v) is 5.87. The van der Waals surface area contributed by atoms with E-state index < -0.39 is 0 Å². The number of rotatable bonds is 5. The summed E-state index contributed by atoms with van der Waals surface area (Å²) in [5.41, 5.74) is 0.519. The van der Waals surface area contributed by atoms with Crippen LogP contribution in [0.3, 0.4) is 0 Å². The van der Waals surface area contributed by atoms with Gasteiger partial charge in [-0.25, -0.2) is 0 Å². The van der Waals surface area contributed by atoms with Crippen molar-refractivity contribution in [3.8, 4) is 5.75 Å². The summed E-state index contributed by atoms with van der Waals surface area (Å²) in [6, 6.07) is 6.90. The van der Waals surface area contributed by atoms with Gasteiger partial charge in [-0.2, -0.15) is 0 Å². The van der Waals surface area contributed by atoms with E-state index in [9.17, 15) is 9.90 Å². The highest BCUT2D eigenvalue weighted by Gasteiger charge is 2.26.